The van der Waals surface area contributed by atoms with Gasteiger partial charge in [-0.3, -0.25) is 4.79 Å². The summed E-state index contributed by atoms with van der Waals surface area (Å²) < 4.78 is 0. The molecule has 0 saturated carbocycles. The Kier molecular flexibility index (Phi) is 5.81. The number of nitrogens with one attached hydrogen (secondary N) is 1. The van der Waals surface area contributed by atoms with E-state index in [0.29, 0.717) is 18.1 Å². The molecule has 0 atom stereocenters. The van der Waals surface area contributed by atoms with Gasteiger partial charge in [-0.2, -0.15) is 0 Å². The zero-order chi connectivity index (χ0) is 18.4. The standard InChI is InChI=1S/C20H19ClN4O/c1-25(17-5-3-2-4-6-17)20(26)18-13-24-19(14-23-18)22-12-11-15-7-9-16(21)10-8-15/h2-10,13-14H,11-12H2,1H3,(H,22,24). The van der Waals surface area contributed by atoms with Crippen molar-refractivity contribution in [3.05, 3.63) is 83.3 Å². The zero-order valence-corrected chi connectivity index (χ0v) is 15.1. The van der Waals surface area contributed by atoms with Crippen molar-refractivity contribution in [2.75, 3.05) is 23.8 Å². The smallest absolute Gasteiger partial charge is 0.278 e. The number of hydrogen-bond donors (Lipinski definition) is 1. The van der Waals surface area contributed by atoms with Gasteiger partial charge in [0.05, 0.1) is 12.4 Å². The van der Waals surface area contributed by atoms with E-state index >= 15 is 0 Å². The van der Waals surface area contributed by atoms with Gasteiger partial charge in [-0.15, -0.1) is 0 Å². The second-order valence-corrected chi connectivity index (χ2v) is 6.23. The summed E-state index contributed by atoms with van der Waals surface area (Å²) >= 11 is 5.88. The number of amides is 1. The van der Waals surface area contributed by atoms with E-state index in [0.717, 1.165) is 17.1 Å². The van der Waals surface area contributed by atoms with E-state index < -0.39 is 0 Å². The number of benzene rings is 2. The predicted octanol–water partition coefficient (Wildman–Crippen LogP) is 4.06. The molecule has 0 bridgehead atoms. The van der Waals surface area contributed by atoms with Gasteiger partial charge in [-0.25, -0.2) is 9.97 Å². The summed E-state index contributed by atoms with van der Waals surface area (Å²) in [6.45, 7) is 0.716. The minimum Gasteiger partial charge on any atom is -0.368 e. The van der Waals surface area contributed by atoms with Gasteiger partial charge in [0.2, 0.25) is 0 Å². The highest BCUT2D eigenvalue weighted by atomic mass is 35.5. The molecule has 6 heteroatoms. The third kappa shape index (κ3) is 4.58. The van der Waals surface area contributed by atoms with E-state index in [2.05, 4.69) is 15.3 Å². The topological polar surface area (TPSA) is 58.1 Å². The molecule has 3 rings (SSSR count). The van der Waals surface area contributed by atoms with Crippen LogP contribution in [0.4, 0.5) is 11.5 Å². The molecule has 0 spiro atoms. The summed E-state index contributed by atoms with van der Waals surface area (Å²) in [5, 5.41) is 3.93. The first kappa shape index (κ1) is 17.9. The molecular weight excluding hydrogens is 348 g/mol. The van der Waals surface area contributed by atoms with Crippen LogP contribution < -0.4 is 10.2 Å². The van der Waals surface area contributed by atoms with Gasteiger partial charge in [0.1, 0.15) is 11.5 Å². The molecule has 2 aromatic carbocycles. The van der Waals surface area contributed by atoms with Crippen LogP contribution >= 0.6 is 11.6 Å². The van der Waals surface area contributed by atoms with Crippen LogP contribution in [0.1, 0.15) is 16.1 Å². The molecule has 0 unspecified atom stereocenters. The molecule has 0 saturated heterocycles. The maximum atomic E-state index is 12.5. The van der Waals surface area contributed by atoms with Crippen LogP contribution in [-0.2, 0) is 6.42 Å². The van der Waals surface area contributed by atoms with Crippen LogP contribution in [0.2, 0.25) is 5.02 Å². The van der Waals surface area contributed by atoms with Gasteiger partial charge in [0.25, 0.3) is 5.91 Å². The number of halogens is 1. The second kappa shape index (κ2) is 8.45. The fraction of sp³-hybridized carbons (Fsp3) is 0.150. The second-order valence-electron chi connectivity index (χ2n) is 5.79. The highest BCUT2D eigenvalue weighted by Gasteiger charge is 2.15. The van der Waals surface area contributed by atoms with Gasteiger partial charge in [0.15, 0.2) is 0 Å². The summed E-state index contributed by atoms with van der Waals surface area (Å²) in [5.74, 6) is 0.439. The first-order chi connectivity index (χ1) is 12.6. The lowest BCUT2D eigenvalue weighted by Crippen LogP contribution is -2.27. The normalized spacial score (nSPS) is 10.4. The SMILES string of the molecule is CN(C(=O)c1cnc(NCCc2ccc(Cl)cc2)cn1)c1ccccc1. The van der Waals surface area contributed by atoms with E-state index in [-0.39, 0.29) is 5.91 Å². The molecule has 3 aromatic rings. The Morgan fingerprint density at radius 3 is 2.42 bits per heavy atom. The highest BCUT2D eigenvalue weighted by Crippen LogP contribution is 2.14. The molecule has 5 nitrogen and oxygen atoms in total. The minimum atomic E-state index is -0.198. The van der Waals surface area contributed by atoms with Crippen LogP contribution in [0.25, 0.3) is 0 Å². The molecule has 0 radical (unpaired) electrons. The van der Waals surface area contributed by atoms with Crippen molar-refractivity contribution in [1.82, 2.24) is 9.97 Å². The Bertz CT molecular complexity index is 851. The molecule has 1 N–H and O–H groups in total. The first-order valence-electron chi connectivity index (χ1n) is 8.27. The molecule has 1 amide bonds. The quantitative estimate of drug-likeness (QED) is 0.714. The van der Waals surface area contributed by atoms with Crippen molar-refractivity contribution < 1.29 is 4.79 Å². The Balaban J connectivity index is 1.56. The molecule has 132 valence electrons. The van der Waals surface area contributed by atoms with Gasteiger partial charge >= 0.3 is 0 Å². The summed E-state index contributed by atoms with van der Waals surface area (Å²) in [6, 6.07) is 17.2. The van der Waals surface area contributed by atoms with Gasteiger partial charge in [0, 0.05) is 24.3 Å². The zero-order valence-electron chi connectivity index (χ0n) is 14.4. The van der Waals surface area contributed by atoms with E-state index in [1.807, 2.05) is 54.6 Å². The fourth-order valence-electron chi connectivity index (χ4n) is 2.46. The molecule has 0 aliphatic carbocycles. The van der Waals surface area contributed by atoms with Crippen LogP contribution in [0.5, 0.6) is 0 Å². The Morgan fingerprint density at radius 1 is 1.04 bits per heavy atom. The molecule has 1 aromatic heterocycles. The van der Waals surface area contributed by atoms with Gasteiger partial charge < -0.3 is 10.2 Å². The third-order valence-electron chi connectivity index (χ3n) is 3.95. The van der Waals surface area contributed by atoms with Crippen LogP contribution in [0.3, 0.4) is 0 Å². The number of carbonyl (C=O) groups excluding carboxylic acids is 1. The number of para-hydroxylation sites is 1. The van der Waals surface area contributed by atoms with Crippen molar-refractivity contribution in [2.45, 2.75) is 6.42 Å². The number of anilines is 2. The Morgan fingerprint density at radius 2 is 1.77 bits per heavy atom. The van der Waals surface area contributed by atoms with Crippen molar-refractivity contribution in [2.24, 2.45) is 0 Å². The minimum absolute atomic E-state index is 0.198. The van der Waals surface area contributed by atoms with Gasteiger partial charge in [-0.05, 0) is 36.2 Å². The van der Waals surface area contributed by atoms with Crippen molar-refractivity contribution >= 4 is 29.0 Å². The van der Waals surface area contributed by atoms with E-state index in [1.165, 1.54) is 11.8 Å². The maximum absolute atomic E-state index is 12.5. The Hall–Kier alpha value is -2.92. The van der Waals surface area contributed by atoms with Gasteiger partial charge in [-0.1, -0.05) is 41.9 Å². The average Bonchev–Trinajstić information content (AvgIpc) is 2.69. The van der Waals surface area contributed by atoms with Crippen molar-refractivity contribution in [3.63, 3.8) is 0 Å². The molecular formula is C20H19ClN4O. The van der Waals surface area contributed by atoms with E-state index in [4.69, 9.17) is 11.6 Å². The monoisotopic (exact) mass is 366 g/mol. The average molecular weight is 367 g/mol. The number of rotatable bonds is 6. The summed E-state index contributed by atoms with van der Waals surface area (Å²) in [4.78, 5) is 22.5. The molecule has 0 fully saturated rings. The number of nitrogens with zero attached hydrogens (tertiary/aromatic N) is 3. The van der Waals surface area contributed by atoms with Crippen LogP contribution in [0, 0.1) is 0 Å². The lowest BCUT2D eigenvalue weighted by Gasteiger charge is -2.16. The summed E-state index contributed by atoms with van der Waals surface area (Å²) in [7, 11) is 1.72. The third-order valence-corrected chi connectivity index (χ3v) is 4.20. The molecule has 0 aliphatic heterocycles. The lowest BCUT2D eigenvalue weighted by atomic mass is 10.1. The van der Waals surface area contributed by atoms with E-state index in [9.17, 15) is 4.79 Å². The van der Waals surface area contributed by atoms with Crippen molar-refractivity contribution in [1.29, 1.82) is 0 Å². The summed E-state index contributed by atoms with van der Waals surface area (Å²) in [5.41, 5.74) is 2.30. The largest absolute Gasteiger partial charge is 0.368 e. The van der Waals surface area contributed by atoms with Crippen LogP contribution in [0.15, 0.2) is 67.0 Å². The van der Waals surface area contributed by atoms with E-state index in [1.54, 1.807) is 18.1 Å². The maximum Gasteiger partial charge on any atom is 0.278 e. The van der Waals surface area contributed by atoms with Crippen LogP contribution in [-0.4, -0.2) is 29.5 Å². The first-order valence-corrected chi connectivity index (χ1v) is 8.65. The fourth-order valence-corrected chi connectivity index (χ4v) is 2.58. The summed E-state index contributed by atoms with van der Waals surface area (Å²) in [6.07, 6.45) is 3.91. The lowest BCUT2D eigenvalue weighted by molar-refractivity contribution is 0.0988. The Labute approximate surface area is 157 Å². The molecule has 0 aliphatic rings. The number of hydrogen-bond acceptors (Lipinski definition) is 4. The number of aromatic nitrogens is 2. The van der Waals surface area contributed by atoms with Crippen molar-refractivity contribution in [3.8, 4) is 0 Å². The molecule has 1 heterocycles. The highest BCUT2D eigenvalue weighted by molar-refractivity contribution is 6.30. The molecule has 26 heavy (non-hydrogen) atoms. The predicted molar refractivity (Wildman–Crippen MR) is 105 cm³/mol. The number of carbonyl (C=O) groups is 1.